The zero-order chi connectivity index (χ0) is 12.1. The lowest BCUT2D eigenvalue weighted by Crippen LogP contribution is -2.00. The lowest BCUT2D eigenvalue weighted by atomic mass is 10.0. The molecule has 2 aromatic rings. The van der Waals surface area contributed by atoms with Crippen LogP contribution < -0.4 is 5.73 Å². The third-order valence-electron chi connectivity index (χ3n) is 2.42. The molecule has 2 rings (SSSR count). The third kappa shape index (κ3) is 2.51. The summed E-state index contributed by atoms with van der Waals surface area (Å²) in [5.41, 5.74) is 10.3. The first kappa shape index (κ1) is 11.8. The summed E-state index contributed by atoms with van der Waals surface area (Å²) in [6.45, 7) is 1.16. The molecule has 5 heteroatoms. The summed E-state index contributed by atoms with van der Waals surface area (Å²) in [5.74, 6) is 0. The average Bonchev–Trinajstić information content (AvgIpc) is 2.84. The number of benzene rings is 1. The van der Waals surface area contributed by atoms with Crippen LogP contribution in [0.1, 0.15) is 10.4 Å². The van der Waals surface area contributed by atoms with E-state index >= 15 is 0 Å². The van der Waals surface area contributed by atoms with Gasteiger partial charge in [-0.15, -0.1) is 11.3 Å². The molecule has 17 heavy (non-hydrogen) atoms. The van der Waals surface area contributed by atoms with E-state index in [-0.39, 0.29) is 6.61 Å². The molecule has 0 atom stereocenters. The molecule has 1 heterocycles. The van der Waals surface area contributed by atoms with Gasteiger partial charge in [-0.3, -0.25) is 4.79 Å². The van der Waals surface area contributed by atoms with E-state index in [0.717, 1.165) is 21.7 Å². The highest BCUT2D eigenvalue weighted by atomic mass is 32.1. The van der Waals surface area contributed by atoms with Gasteiger partial charge in [0.1, 0.15) is 6.61 Å². The molecular formula is C12H12N2O2S. The first-order chi connectivity index (χ1) is 8.36. The fraction of sp³-hybridized carbons (Fsp3) is 0.167. The quantitative estimate of drug-likeness (QED) is 0.821. The van der Waals surface area contributed by atoms with E-state index in [0.29, 0.717) is 13.0 Å². The fourth-order valence-electron chi connectivity index (χ4n) is 1.63. The third-order valence-corrected chi connectivity index (χ3v) is 3.22. The van der Waals surface area contributed by atoms with Gasteiger partial charge in [0.05, 0.1) is 16.1 Å². The second-order valence-electron chi connectivity index (χ2n) is 3.39. The van der Waals surface area contributed by atoms with E-state index in [4.69, 9.17) is 10.5 Å². The topological polar surface area (TPSA) is 65.2 Å². The zero-order valence-corrected chi connectivity index (χ0v) is 9.94. The number of hydrogen-bond donors (Lipinski definition) is 1. The summed E-state index contributed by atoms with van der Waals surface area (Å²) in [5, 5.41) is 0. The Balaban J connectivity index is 2.38. The number of hydrogen-bond acceptors (Lipinski definition) is 5. The number of aromatic nitrogens is 1. The molecule has 0 aliphatic carbocycles. The van der Waals surface area contributed by atoms with Gasteiger partial charge in [-0.25, -0.2) is 4.98 Å². The predicted octanol–water partition coefficient (Wildman–Crippen LogP) is 1.94. The van der Waals surface area contributed by atoms with Gasteiger partial charge in [0.2, 0.25) is 0 Å². The standard InChI is InChI=1S/C12H12N2O2S/c13-5-9-3-1-2-4-10(9)12-11(6-16-8-15)17-7-14-12/h1-4,7-8H,5-6,13H2. The smallest absolute Gasteiger partial charge is 0.293 e. The molecule has 0 radical (unpaired) electrons. The van der Waals surface area contributed by atoms with E-state index in [1.165, 1.54) is 11.3 Å². The lowest BCUT2D eigenvalue weighted by Gasteiger charge is -2.06. The Labute approximate surface area is 103 Å². The number of thiazole rings is 1. The van der Waals surface area contributed by atoms with E-state index in [2.05, 4.69) is 4.98 Å². The summed E-state index contributed by atoms with van der Waals surface area (Å²) >= 11 is 1.47. The highest BCUT2D eigenvalue weighted by Crippen LogP contribution is 2.28. The molecular weight excluding hydrogens is 236 g/mol. The Hall–Kier alpha value is -1.72. The van der Waals surface area contributed by atoms with Crippen LogP contribution in [0.3, 0.4) is 0 Å². The maximum absolute atomic E-state index is 10.2. The van der Waals surface area contributed by atoms with Crippen LogP contribution in [0, 0.1) is 0 Å². The molecule has 4 nitrogen and oxygen atoms in total. The van der Waals surface area contributed by atoms with Crippen molar-refractivity contribution in [3.8, 4) is 11.3 Å². The highest BCUT2D eigenvalue weighted by molar-refractivity contribution is 7.10. The molecule has 0 unspecified atom stereocenters. The predicted molar refractivity (Wildman–Crippen MR) is 66.3 cm³/mol. The molecule has 0 aliphatic rings. The van der Waals surface area contributed by atoms with Crippen LogP contribution in [0.15, 0.2) is 29.8 Å². The second-order valence-corrected chi connectivity index (χ2v) is 4.33. The van der Waals surface area contributed by atoms with Crippen LogP contribution in [0.2, 0.25) is 0 Å². The van der Waals surface area contributed by atoms with Crippen molar-refractivity contribution in [2.24, 2.45) is 5.73 Å². The first-order valence-electron chi connectivity index (χ1n) is 5.12. The van der Waals surface area contributed by atoms with Crippen molar-refractivity contribution in [2.75, 3.05) is 0 Å². The van der Waals surface area contributed by atoms with E-state index in [1.54, 1.807) is 5.51 Å². The SMILES string of the molecule is NCc1ccccc1-c1ncsc1COC=O. The van der Waals surface area contributed by atoms with Crippen LogP contribution in [0.4, 0.5) is 0 Å². The Bertz CT molecular complexity index is 511. The molecule has 0 aliphatic heterocycles. The highest BCUT2D eigenvalue weighted by Gasteiger charge is 2.11. The van der Waals surface area contributed by atoms with Gasteiger partial charge in [-0.2, -0.15) is 0 Å². The van der Waals surface area contributed by atoms with Crippen molar-refractivity contribution >= 4 is 17.8 Å². The van der Waals surface area contributed by atoms with Crippen molar-refractivity contribution in [1.82, 2.24) is 4.98 Å². The van der Waals surface area contributed by atoms with Gasteiger partial charge in [-0.05, 0) is 5.56 Å². The summed E-state index contributed by atoms with van der Waals surface area (Å²) in [6.07, 6.45) is 0. The lowest BCUT2D eigenvalue weighted by molar-refractivity contribution is -0.129. The van der Waals surface area contributed by atoms with Gasteiger partial charge in [-0.1, -0.05) is 24.3 Å². The molecule has 88 valence electrons. The van der Waals surface area contributed by atoms with E-state index < -0.39 is 0 Å². The number of nitrogens with two attached hydrogens (primary N) is 1. The fourth-order valence-corrected chi connectivity index (χ4v) is 2.33. The van der Waals surface area contributed by atoms with Crippen LogP contribution in [0.5, 0.6) is 0 Å². The van der Waals surface area contributed by atoms with Gasteiger partial charge >= 0.3 is 0 Å². The normalized spacial score (nSPS) is 10.2. The van der Waals surface area contributed by atoms with Gasteiger partial charge in [0.25, 0.3) is 6.47 Å². The molecule has 1 aromatic heterocycles. The van der Waals surface area contributed by atoms with Crippen LogP contribution in [-0.2, 0) is 22.7 Å². The molecule has 1 aromatic carbocycles. The van der Waals surface area contributed by atoms with E-state index in [9.17, 15) is 4.79 Å². The Morgan fingerprint density at radius 2 is 2.24 bits per heavy atom. The Kier molecular flexibility index (Phi) is 3.85. The first-order valence-corrected chi connectivity index (χ1v) is 6.00. The minimum absolute atomic E-state index is 0.252. The maximum atomic E-state index is 10.2. The molecule has 0 fully saturated rings. The Morgan fingerprint density at radius 3 is 3.00 bits per heavy atom. The summed E-state index contributed by atoms with van der Waals surface area (Å²) < 4.78 is 4.77. The van der Waals surface area contributed by atoms with Crippen molar-refractivity contribution in [1.29, 1.82) is 0 Å². The number of carbonyl (C=O) groups is 1. The number of ether oxygens (including phenoxy) is 1. The van der Waals surface area contributed by atoms with Crippen molar-refractivity contribution in [2.45, 2.75) is 13.2 Å². The van der Waals surface area contributed by atoms with Gasteiger partial charge in [0, 0.05) is 12.1 Å². The Morgan fingerprint density at radius 1 is 1.41 bits per heavy atom. The molecule has 0 saturated carbocycles. The molecule has 0 bridgehead atoms. The molecule has 0 spiro atoms. The largest absolute Gasteiger partial charge is 0.462 e. The number of nitrogens with zero attached hydrogens (tertiary/aromatic N) is 1. The van der Waals surface area contributed by atoms with Gasteiger partial charge < -0.3 is 10.5 Å². The van der Waals surface area contributed by atoms with Crippen molar-refractivity contribution in [3.05, 3.63) is 40.2 Å². The van der Waals surface area contributed by atoms with E-state index in [1.807, 2.05) is 24.3 Å². The second kappa shape index (κ2) is 5.56. The maximum Gasteiger partial charge on any atom is 0.293 e. The minimum Gasteiger partial charge on any atom is -0.462 e. The summed E-state index contributed by atoms with van der Waals surface area (Å²) in [6, 6.07) is 7.83. The van der Waals surface area contributed by atoms with Crippen molar-refractivity contribution in [3.63, 3.8) is 0 Å². The molecule has 0 saturated heterocycles. The van der Waals surface area contributed by atoms with Crippen LogP contribution in [-0.4, -0.2) is 11.5 Å². The molecule has 0 amide bonds. The average molecular weight is 248 g/mol. The monoisotopic (exact) mass is 248 g/mol. The van der Waals surface area contributed by atoms with Crippen LogP contribution >= 0.6 is 11.3 Å². The summed E-state index contributed by atoms with van der Waals surface area (Å²) in [7, 11) is 0. The number of rotatable bonds is 5. The van der Waals surface area contributed by atoms with Gasteiger partial charge in [0.15, 0.2) is 0 Å². The zero-order valence-electron chi connectivity index (χ0n) is 9.13. The summed E-state index contributed by atoms with van der Waals surface area (Å²) in [4.78, 5) is 15.5. The minimum atomic E-state index is 0.252. The van der Waals surface area contributed by atoms with Crippen LogP contribution in [0.25, 0.3) is 11.3 Å². The number of carbonyl (C=O) groups excluding carboxylic acids is 1. The molecule has 2 N–H and O–H groups in total. The van der Waals surface area contributed by atoms with Crippen molar-refractivity contribution < 1.29 is 9.53 Å².